The number of methoxy groups -OCH3 is 1. The molecule has 0 aliphatic heterocycles. The lowest BCUT2D eigenvalue weighted by atomic mass is 10.1. The smallest absolute Gasteiger partial charge is 0.200 e. The lowest BCUT2D eigenvalue weighted by Crippen LogP contribution is -2.03. The Hall–Kier alpha value is -1.46. The second-order valence-corrected chi connectivity index (χ2v) is 2.79. The first-order valence-electron chi connectivity index (χ1n) is 4.09. The average molecular weight is 199 g/mol. The quantitative estimate of drug-likeness (QED) is 0.486. The summed E-state index contributed by atoms with van der Waals surface area (Å²) in [6.07, 6.45) is 0.542. The van der Waals surface area contributed by atoms with Gasteiger partial charge < -0.3 is 19.8 Å². The molecule has 0 radical (unpaired) electrons. The molecule has 0 unspecified atom stereocenters. The number of phenols is 2. The van der Waals surface area contributed by atoms with Crippen LogP contribution in [0.15, 0.2) is 12.1 Å². The van der Waals surface area contributed by atoms with E-state index in [9.17, 15) is 10.2 Å². The first-order valence-corrected chi connectivity index (χ1v) is 4.09. The van der Waals surface area contributed by atoms with E-state index in [1.165, 1.54) is 13.2 Å². The van der Waals surface area contributed by atoms with Crippen molar-refractivity contribution >= 4 is 0 Å². The second-order valence-electron chi connectivity index (χ2n) is 2.79. The molecule has 0 atom stereocenters. The van der Waals surface area contributed by atoms with E-state index < -0.39 is 0 Å². The standard InChI is InChI=1S/C9H13NO4/c1-13-8-5-6(2-3-14-10)4-7(11)9(8)12/h4-5,11-12H,2-3,10H2,1H3. The van der Waals surface area contributed by atoms with Gasteiger partial charge in [-0.05, 0) is 24.1 Å². The van der Waals surface area contributed by atoms with Gasteiger partial charge in [0.2, 0.25) is 5.75 Å². The van der Waals surface area contributed by atoms with Crippen molar-refractivity contribution in [3.8, 4) is 17.2 Å². The van der Waals surface area contributed by atoms with Crippen LogP contribution in [0.5, 0.6) is 17.2 Å². The summed E-state index contributed by atoms with van der Waals surface area (Å²) < 4.78 is 4.86. The van der Waals surface area contributed by atoms with E-state index in [0.717, 1.165) is 5.56 Å². The monoisotopic (exact) mass is 199 g/mol. The van der Waals surface area contributed by atoms with E-state index >= 15 is 0 Å². The fraction of sp³-hybridized carbons (Fsp3) is 0.333. The van der Waals surface area contributed by atoms with Gasteiger partial charge in [-0.25, -0.2) is 5.90 Å². The highest BCUT2D eigenvalue weighted by atomic mass is 16.6. The number of ether oxygens (including phenoxy) is 1. The van der Waals surface area contributed by atoms with Crippen molar-refractivity contribution < 1.29 is 19.8 Å². The minimum atomic E-state index is -0.259. The summed E-state index contributed by atoms with van der Waals surface area (Å²) in [5.41, 5.74) is 0.780. The van der Waals surface area contributed by atoms with Crippen LogP contribution in [0, 0.1) is 0 Å². The fourth-order valence-electron chi connectivity index (χ4n) is 1.13. The molecule has 1 aromatic rings. The summed E-state index contributed by atoms with van der Waals surface area (Å²) in [4.78, 5) is 4.40. The van der Waals surface area contributed by atoms with Crippen LogP contribution < -0.4 is 10.6 Å². The van der Waals surface area contributed by atoms with Crippen molar-refractivity contribution in [1.29, 1.82) is 0 Å². The Morgan fingerprint density at radius 3 is 2.64 bits per heavy atom. The van der Waals surface area contributed by atoms with Crippen LogP contribution >= 0.6 is 0 Å². The van der Waals surface area contributed by atoms with Crippen molar-refractivity contribution in [3.63, 3.8) is 0 Å². The Kier molecular flexibility index (Phi) is 3.55. The highest BCUT2D eigenvalue weighted by Gasteiger charge is 2.09. The average Bonchev–Trinajstić information content (AvgIpc) is 2.19. The molecule has 0 amide bonds. The second kappa shape index (κ2) is 4.69. The summed E-state index contributed by atoms with van der Waals surface area (Å²) in [6.45, 7) is 0.341. The molecular weight excluding hydrogens is 186 g/mol. The first kappa shape index (κ1) is 10.6. The molecule has 0 heterocycles. The van der Waals surface area contributed by atoms with E-state index in [0.29, 0.717) is 13.0 Å². The predicted octanol–water partition coefficient (Wildman–Crippen LogP) is 0.539. The molecule has 4 N–H and O–H groups in total. The third-order valence-electron chi connectivity index (χ3n) is 1.84. The van der Waals surface area contributed by atoms with Crippen LogP contribution in [0.25, 0.3) is 0 Å². The maximum atomic E-state index is 9.32. The van der Waals surface area contributed by atoms with Crippen molar-refractivity contribution in [2.24, 2.45) is 5.90 Å². The highest BCUT2D eigenvalue weighted by molar-refractivity contribution is 5.51. The molecule has 0 bridgehead atoms. The summed E-state index contributed by atoms with van der Waals surface area (Å²) in [6, 6.07) is 3.06. The molecule has 5 nitrogen and oxygen atoms in total. The highest BCUT2D eigenvalue weighted by Crippen LogP contribution is 2.36. The number of hydrogen-bond donors (Lipinski definition) is 3. The molecular formula is C9H13NO4. The molecule has 14 heavy (non-hydrogen) atoms. The fourth-order valence-corrected chi connectivity index (χ4v) is 1.13. The molecule has 0 saturated heterocycles. The lowest BCUT2D eigenvalue weighted by molar-refractivity contribution is 0.141. The minimum absolute atomic E-state index is 0.212. The first-order chi connectivity index (χ1) is 6.69. The number of rotatable bonds is 4. The van der Waals surface area contributed by atoms with Gasteiger partial charge in [0, 0.05) is 0 Å². The molecule has 78 valence electrons. The zero-order valence-electron chi connectivity index (χ0n) is 7.86. The van der Waals surface area contributed by atoms with Crippen molar-refractivity contribution in [2.75, 3.05) is 13.7 Å². The molecule has 0 aromatic heterocycles. The van der Waals surface area contributed by atoms with Crippen LogP contribution in [0.4, 0.5) is 0 Å². The van der Waals surface area contributed by atoms with E-state index in [-0.39, 0.29) is 17.2 Å². The van der Waals surface area contributed by atoms with Crippen LogP contribution in [0.3, 0.4) is 0 Å². The normalized spacial score (nSPS) is 10.1. The van der Waals surface area contributed by atoms with Crippen molar-refractivity contribution in [2.45, 2.75) is 6.42 Å². The van der Waals surface area contributed by atoms with Crippen LogP contribution in [0.2, 0.25) is 0 Å². The zero-order valence-corrected chi connectivity index (χ0v) is 7.86. The molecule has 1 aromatic carbocycles. The number of phenolic OH excluding ortho intramolecular Hbond substituents is 2. The van der Waals surface area contributed by atoms with Crippen LogP contribution in [-0.4, -0.2) is 23.9 Å². The summed E-state index contributed by atoms with van der Waals surface area (Å²) in [7, 11) is 1.41. The van der Waals surface area contributed by atoms with Gasteiger partial charge in [0.05, 0.1) is 13.7 Å². The Morgan fingerprint density at radius 1 is 1.36 bits per heavy atom. The summed E-state index contributed by atoms with van der Waals surface area (Å²) in [5, 5.41) is 18.6. The maximum Gasteiger partial charge on any atom is 0.200 e. The zero-order chi connectivity index (χ0) is 10.6. The van der Waals surface area contributed by atoms with Crippen molar-refractivity contribution in [3.05, 3.63) is 17.7 Å². The third-order valence-corrected chi connectivity index (χ3v) is 1.84. The Balaban J connectivity index is 2.91. The number of nitrogens with two attached hydrogens (primary N) is 1. The number of aromatic hydroxyl groups is 2. The lowest BCUT2D eigenvalue weighted by Gasteiger charge is -2.08. The minimum Gasteiger partial charge on any atom is -0.504 e. The van der Waals surface area contributed by atoms with E-state index in [1.807, 2.05) is 0 Å². The number of benzene rings is 1. The van der Waals surface area contributed by atoms with Crippen LogP contribution in [0.1, 0.15) is 5.56 Å². The van der Waals surface area contributed by atoms with Gasteiger partial charge in [0.1, 0.15) is 0 Å². The van der Waals surface area contributed by atoms with Crippen LogP contribution in [-0.2, 0) is 11.3 Å². The Morgan fingerprint density at radius 2 is 2.07 bits per heavy atom. The van der Waals surface area contributed by atoms with Gasteiger partial charge in [-0.3, -0.25) is 0 Å². The summed E-state index contributed by atoms with van der Waals surface area (Å²) in [5.74, 6) is 4.63. The van der Waals surface area contributed by atoms with Crippen molar-refractivity contribution in [1.82, 2.24) is 0 Å². The molecule has 0 aliphatic rings. The predicted molar refractivity (Wildman–Crippen MR) is 50.2 cm³/mol. The van der Waals surface area contributed by atoms with Gasteiger partial charge in [-0.15, -0.1) is 0 Å². The van der Waals surface area contributed by atoms with Gasteiger partial charge in [-0.2, -0.15) is 0 Å². The SMILES string of the molecule is COc1cc(CCON)cc(O)c1O. The van der Waals surface area contributed by atoms with E-state index in [2.05, 4.69) is 4.84 Å². The van der Waals surface area contributed by atoms with Gasteiger partial charge in [0.15, 0.2) is 11.5 Å². The van der Waals surface area contributed by atoms with Gasteiger partial charge >= 0.3 is 0 Å². The largest absolute Gasteiger partial charge is 0.504 e. The van der Waals surface area contributed by atoms with Gasteiger partial charge in [-0.1, -0.05) is 0 Å². The molecule has 0 spiro atoms. The molecule has 1 rings (SSSR count). The number of hydrogen-bond acceptors (Lipinski definition) is 5. The third kappa shape index (κ3) is 2.27. The summed E-state index contributed by atoms with van der Waals surface area (Å²) >= 11 is 0. The molecule has 0 saturated carbocycles. The van der Waals surface area contributed by atoms with E-state index in [4.69, 9.17) is 10.6 Å². The molecule has 0 fully saturated rings. The Labute approximate surface area is 81.6 Å². The topological polar surface area (TPSA) is 84.9 Å². The molecule has 0 aliphatic carbocycles. The van der Waals surface area contributed by atoms with Gasteiger partial charge in [0.25, 0.3) is 0 Å². The Bertz CT molecular complexity index is 314. The van der Waals surface area contributed by atoms with E-state index in [1.54, 1.807) is 6.07 Å². The maximum absolute atomic E-state index is 9.32. The molecule has 5 heteroatoms.